The average Bonchev–Trinajstić information content (AvgIpc) is 3.69. The van der Waals surface area contributed by atoms with E-state index in [-0.39, 0.29) is 41.2 Å². The summed E-state index contributed by atoms with van der Waals surface area (Å²) in [6.07, 6.45) is 2.93. The van der Waals surface area contributed by atoms with Crippen LogP contribution in [0.15, 0.2) is 94.6 Å². The number of rotatable bonds is 12. The minimum Gasteiger partial charge on any atom is -0.488 e. The largest absolute Gasteiger partial charge is 0.488 e. The standard InChI is InChI=1S/C36H37N7O6S/c1-22(2)20-49-36(44)39-26(17-25-11-7-5-8-12-25)21-48-31-18-29(33(41-34(31)37)28-15-16-47-24(28)4)30-19-38-35-32(40-30)23(3)42-43(35)50(45,46)27-13-9-6-10-14-27/h5-16,18-19,22,26H,17,20-21H2,1-4H3,(H2,37,41)(H,39,44)/t26-/m0/s1. The van der Waals surface area contributed by atoms with Gasteiger partial charge in [0, 0.05) is 11.1 Å². The Labute approximate surface area is 289 Å². The molecule has 50 heavy (non-hydrogen) atoms. The second-order valence-corrected chi connectivity index (χ2v) is 13.9. The molecule has 0 aliphatic carbocycles. The number of nitrogen functional groups attached to an aromatic ring is 1. The van der Waals surface area contributed by atoms with Gasteiger partial charge in [0.15, 0.2) is 17.2 Å². The summed E-state index contributed by atoms with van der Waals surface area (Å²) in [6.45, 7) is 7.72. The van der Waals surface area contributed by atoms with Crippen LogP contribution >= 0.6 is 0 Å². The fourth-order valence-corrected chi connectivity index (χ4v) is 6.63. The molecular weight excluding hydrogens is 659 g/mol. The summed E-state index contributed by atoms with van der Waals surface area (Å²) in [5.41, 5.74) is 10.2. The predicted molar refractivity (Wildman–Crippen MR) is 188 cm³/mol. The Hall–Kier alpha value is -5.76. The number of aryl methyl sites for hydroxylation is 2. The lowest BCUT2D eigenvalue weighted by molar-refractivity contribution is 0.125. The number of benzene rings is 2. The van der Waals surface area contributed by atoms with Crippen molar-refractivity contribution in [2.75, 3.05) is 18.9 Å². The van der Waals surface area contributed by atoms with Crippen molar-refractivity contribution in [1.82, 2.24) is 29.5 Å². The molecule has 0 radical (unpaired) electrons. The van der Waals surface area contributed by atoms with E-state index in [0.29, 0.717) is 45.9 Å². The zero-order valence-corrected chi connectivity index (χ0v) is 28.8. The number of pyridine rings is 1. The van der Waals surface area contributed by atoms with E-state index in [4.69, 9.17) is 29.6 Å². The summed E-state index contributed by atoms with van der Waals surface area (Å²) in [7, 11) is -4.04. The van der Waals surface area contributed by atoms with Gasteiger partial charge in [-0.15, -0.1) is 4.09 Å². The van der Waals surface area contributed by atoms with Gasteiger partial charge in [-0.05, 0) is 56.0 Å². The van der Waals surface area contributed by atoms with Crippen LogP contribution in [0.4, 0.5) is 10.6 Å². The third kappa shape index (κ3) is 7.29. The van der Waals surface area contributed by atoms with Gasteiger partial charge >= 0.3 is 6.09 Å². The molecule has 0 spiro atoms. The summed E-state index contributed by atoms with van der Waals surface area (Å²) in [5.74, 6) is 1.14. The quantitative estimate of drug-likeness (QED) is 0.154. The molecule has 0 fully saturated rings. The minimum absolute atomic E-state index is 0.0506. The molecule has 4 heterocycles. The molecule has 3 N–H and O–H groups in total. The first kappa shape index (κ1) is 34.1. The van der Waals surface area contributed by atoms with Gasteiger partial charge in [0.2, 0.25) is 0 Å². The van der Waals surface area contributed by atoms with Gasteiger partial charge in [-0.2, -0.15) is 13.5 Å². The Kier molecular flexibility index (Phi) is 9.81. The first-order valence-electron chi connectivity index (χ1n) is 16.0. The molecule has 13 nitrogen and oxygen atoms in total. The molecule has 4 aromatic heterocycles. The number of aromatic nitrogens is 5. The van der Waals surface area contributed by atoms with Crippen molar-refractivity contribution in [2.45, 2.75) is 45.1 Å². The lowest BCUT2D eigenvalue weighted by atomic mass is 10.0. The predicted octanol–water partition coefficient (Wildman–Crippen LogP) is 5.96. The molecular formula is C36H37N7O6S. The van der Waals surface area contributed by atoms with Crippen molar-refractivity contribution >= 4 is 33.1 Å². The lowest BCUT2D eigenvalue weighted by Gasteiger charge is -2.21. The number of nitrogens with one attached hydrogen (secondary N) is 1. The fourth-order valence-electron chi connectivity index (χ4n) is 5.33. The monoisotopic (exact) mass is 695 g/mol. The number of alkyl carbamates (subject to hydrolysis) is 1. The van der Waals surface area contributed by atoms with Crippen LogP contribution in [0.3, 0.4) is 0 Å². The van der Waals surface area contributed by atoms with E-state index in [1.165, 1.54) is 18.3 Å². The number of hydrogen-bond donors (Lipinski definition) is 2. The summed E-state index contributed by atoms with van der Waals surface area (Å²) >= 11 is 0. The van der Waals surface area contributed by atoms with E-state index in [9.17, 15) is 13.2 Å². The van der Waals surface area contributed by atoms with Crippen molar-refractivity contribution in [3.8, 4) is 28.3 Å². The van der Waals surface area contributed by atoms with Crippen LogP contribution in [0.25, 0.3) is 33.7 Å². The van der Waals surface area contributed by atoms with Gasteiger partial charge in [0.1, 0.15) is 17.9 Å². The molecule has 6 aromatic rings. The lowest BCUT2D eigenvalue weighted by Crippen LogP contribution is -2.41. The van der Waals surface area contributed by atoms with E-state index >= 15 is 0 Å². The molecule has 1 atom stereocenters. The van der Waals surface area contributed by atoms with Gasteiger partial charge < -0.3 is 24.9 Å². The van der Waals surface area contributed by atoms with Crippen LogP contribution in [0.2, 0.25) is 0 Å². The Bertz CT molecular complexity index is 2240. The van der Waals surface area contributed by atoms with Crippen LogP contribution in [0.5, 0.6) is 5.75 Å². The van der Waals surface area contributed by atoms with E-state index in [2.05, 4.69) is 15.4 Å². The molecule has 2 aromatic carbocycles. The first-order valence-corrected chi connectivity index (χ1v) is 17.4. The fraction of sp³-hybridized carbons (Fsp3) is 0.250. The highest BCUT2D eigenvalue weighted by molar-refractivity contribution is 7.90. The molecule has 258 valence electrons. The summed E-state index contributed by atoms with van der Waals surface area (Å²) in [6, 6.07) is 20.7. The molecule has 6 rings (SSSR count). The highest BCUT2D eigenvalue weighted by Crippen LogP contribution is 2.37. The molecule has 0 bridgehead atoms. The Balaban J connectivity index is 1.37. The topological polar surface area (TPSA) is 177 Å². The maximum absolute atomic E-state index is 13.5. The van der Waals surface area contributed by atoms with E-state index < -0.39 is 22.2 Å². The number of hydrogen-bond acceptors (Lipinski definition) is 11. The Morgan fingerprint density at radius 1 is 0.980 bits per heavy atom. The number of amides is 1. The van der Waals surface area contributed by atoms with E-state index in [1.807, 2.05) is 44.2 Å². The number of fused-ring (bicyclic) bond motifs is 1. The normalized spacial score (nSPS) is 12.3. The molecule has 1 amide bonds. The van der Waals surface area contributed by atoms with Gasteiger partial charge in [-0.3, -0.25) is 0 Å². The number of nitrogens with two attached hydrogens (primary N) is 1. The van der Waals surface area contributed by atoms with Gasteiger partial charge in [-0.25, -0.2) is 19.7 Å². The first-order chi connectivity index (χ1) is 24.0. The smallest absolute Gasteiger partial charge is 0.407 e. The summed E-state index contributed by atoms with van der Waals surface area (Å²) < 4.78 is 45.0. The minimum atomic E-state index is -4.04. The number of carbonyl (C=O) groups is 1. The summed E-state index contributed by atoms with van der Waals surface area (Å²) in [5, 5.41) is 7.21. The third-order valence-corrected chi connectivity index (χ3v) is 9.40. The number of furan rings is 1. The maximum atomic E-state index is 13.5. The number of carbonyl (C=O) groups excluding carboxylic acids is 1. The second kappa shape index (κ2) is 14.4. The van der Waals surface area contributed by atoms with Crippen LogP contribution < -0.4 is 15.8 Å². The van der Waals surface area contributed by atoms with Crippen molar-refractivity contribution in [2.24, 2.45) is 5.92 Å². The van der Waals surface area contributed by atoms with Crippen LogP contribution in [-0.2, 0) is 21.2 Å². The number of nitrogens with zero attached hydrogens (tertiary/aromatic N) is 5. The van der Waals surface area contributed by atoms with Gasteiger partial charge in [0.05, 0.1) is 47.1 Å². The molecule has 0 unspecified atom stereocenters. The van der Waals surface area contributed by atoms with Crippen LogP contribution in [0, 0.1) is 19.8 Å². The van der Waals surface area contributed by atoms with Crippen molar-refractivity contribution in [3.05, 3.63) is 102 Å². The van der Waals surface area contributed by atoms with Crippen LogP contribution in [-0.4, -0.2) is 57.9 Å². The molecule has 14 heteroatoms. The zero-order valence-electron chi connectivity index (χ0n) is 28.0. The number of ether oxygens (including phenoxy) is 2. The highest BCUT2D eigenvalue weighted by atomic mass is 32.2. The second-order valence-electron chi connectivity index (χ2n) is 12.2. The molecule has 0 aliphatic heterocycles. The third-order valence-electron chi connectivity index (χ3n) is 7.83. The SMILES string of the molecule is Cc1occc1-c1nc(N)c(OC[C@H](Cc2ccccc2)NC(=O)OCC(C)C)cc1-c1cnc2c(n1)c(C)nn2S(=O)(=O)c1ccccc1. The highest BCUT2D eigenvalue weighted by Gasteiger charge is 2.26. The van der Waals surface area contributed by atoms with E-state index in [1.54, 1.807) is 50.4 Å². The van der Waals surface area contributed by atoms with E-state index in [0.717, 1.165) is 9.65 Å². The van der Waals surface area contributed by atoms with Crippen molar-refractivity contribution in [1.29, 1.82) is 0 Å². The molecule has 0 aliphatic rings. The molecule has 0 saturated carbocycles. The Morgan fingerprint density at radius 3 is 2.38 bits per heavy atom. The van der Waals surface area contributed by atoms with Crippen LogP contribution in [0.1, 0.15) is 30.9 Å². The number of anilines is 1. The summed E-state index contributed by atoms with van der Waals surface area (Å²) in [4.78, 5) is 26.8. The average molecular weight is 696 g/mol. The van der Waals surface area contributed by atoms with Crippen molar-refractivity contribution in [3.63, 3.8) is 0 Å². The zero-order chi connectivity index (χ0) is 35.4. The molecule has 0 saturated heterocycles. The van der Waals surface area contributed by atoms with Gasteiger partial charge in [-0.1, -0.05) is 62.4 Å². The Morgan fingerprint density at radius 2 is 1.70 bits per heavy atom. The van der Waals surface area contributed by atoms with Gasteiger partial charge in [0.25, 0.3) is 10.0 Å². The maximum Gasteiger partial charge on any atom is 0.407 e. The van der Waals surface area contributed by atoms with Crippen molar-refractivity contribution < 1.29 is 27.1 Å².